The zero-order valence-electron chi connectivity index (χ0n) is 16.1. The Morgan fingerprint density at radius 2 is 1.86 bits per heavy atom. The van der Waals surface area contributed by atoms with E-state index in [1.54, 1.807) is 19.2 Å². The fraction of sp³-hybridized carbons (Fsp3) is 0.227. The number of hydrogen-bond acceptors (Lipinski definition) is 5. The van der Waals surface area contributed by atoms with Crippen LogP contribution in [-0.2, 0) is 4.74 Å². The predicted molar refractivity (Wildman–Crippen MR) is 111 cm³/mol. The lowest BCUT2D eigenvalue weighted by molar-refractivity contribution is 0.0948. The van der Waals surface area contributed by atoms with Crippen molar-refractivity contribution in [2.24, 2.45) is 0 Å². The summed E-state index contributed by atoms with van der Waals surface area (Å²) in [5.74, 6) is 0.508. The fourth-order valence-electron chi connectivity index (χ4n) is 2.68. The number of aryl methyl sites for hydroxylation is 1. The lowest BCUT2D eigenvalue weighted by Gasteiger charge is -2.09. The number of hydrogen-bond donors (Lipinski definition) is 2. The van der Waals surface area contributed by atoms with Gasteiger partial charge in [0.1, 0.15) is 0 Å². The number of nitrogens with zero attached hydrogens (tertiary/aromatic N) is 2. The molecule has 1 amide bonds. The van der Waals surface area contributed by atoms with Gasteiger partial charge in [-0.15, -0.1) is 10.2 Å². The van der Waals surface area contributed by atoms with E-state index < -0.39 is 0 Å². The zero-order chi connectivity index (χ0) is 19.8. The van der Waals surface area contributed by atoms with Crippen molar-refractivity contribution < 1.29 is 9.53 Å². The van der Waals surface area contributed by atoms with Crippen LogP contribution in [0.4, 0.5) is 11.5 Å². The average molecular weight is 376 g/mol. The summed E-state index contributed by atoms with van der Waals surface area (Å²) in [5.41, 5.74) is 4.41. The highest BCUT2D eigenvalue weighted by Crippen LogP contribution is 2.20. The van der Waals surface area contributed by atoms with Gasteiger partial charge in [-0.05, 0) is 43.7 Å². The summed E-state index contributed by atoms with van der Waals surface area (Å²) in [6.45, 7) is 3.26. The second kappa shape index (κ2) is 9.62. The Labute approximate surface area is 165 Å². The zero-order valence-corrected chi connectivity index (χ0v) is 16.1. The van der Waals surface area contributed by atoms with E-state index in [0.717, 1.165) is 23.4 Å². The highest BCUT2D eigenvalue weighted by molar-refractivity contribution is 5.95. The largest absolute Gasteiger partial charge is 0.385 e. The molecule has 0 saturated carbocycles. The van der Waals surface area contributed by atoms with Crippen molar-refractivity contribution in [2.45, 2.75) is 13.3 Å². The van der Waals surface area contributed by atoms with Gasteiger partial charge in [0.05, 0.1) is 5.69 Å². The van der Waals surface area contributed by atoms with Crippen LogP contribution in [0, 0.1) is 6.92 Å². The summed E-state index contributed by atoms with van der Waals surface area (Å²) in [7, 11) is 1.65. The Hall–Kier alpha value is -3.25. The van der Waals surface area contributed by atoms with Crippen molar-refractivity contribution in [1.29, 1.82) is 0 Å². The molecular formula is C22H24N4O2. The van der Waals surface area contributed by atoms with Gasteiger partial charge >= 0.3 is 0 Å². The predicted octanol–water partition coefficient (Wildman–Crippen LogP) is 3.96. The van der Waals surface area contributed by atoms with Crippen LogP contribution in [0.3, 0.4) is 0 Å². The van der Waals surface area contributed by atoms with Crippen LogP contribution in [0.5, 0.6) is 0 Å². The van der Waals surface area contributed by atoms with Crippen LogP contribution in [0.15, 0.2) is 60.7 Å². The van der Waals surface area contributed by atoms with Crippen molar-refractivity contribution in [2.75, 3.05) is 25.6 Å². The van der Waals surface area contributed by atoms with Crippen molar-refractivity contribution in [1.82, 2.24) is 15.5 Å². The van der Waals surface area contributed by atoms with Gasteiger partial charge < -0.3 is 15.4 Å². The highest BCUT2D eigenvalue weighted by Gasteiger charge is 2.07. The first-order valence-corrected chi connectivity index (χ1v) is 9.21. The number of rotatable bonds is 8. The maximum absolute atomic E-state index is 12.2. The first-order chi connectivity index (χ1) is 13.7. The molecule has 6 nitrogen and oxygen atoms in total. The number of amides is 1. The Morgan fingerprint density at radius 1 is 1.04 bits per heavy atom. The first kappa shape index (κ1) is 19.5. The Bertz CT molecular complexity index is 909. The van der Waals surface area contributed by atoms with E-state index in [1.165, 1.54) is 5.56 Å². The molecule has 0 bridgehead atoms. The van der Waals surface area contributed by atoms with Crippen LogP contribution < -0.4 is 10.6 Å². The number of ether oxygens (including phenoxy) is 1. The number of benzene rings is 2. The summed E-state index contributed by atoms with van der Waals surface area (Å²) in [4.78, 5) is 12.2. The van der Waals surface area contributed by atoms with E-state index >= 15 is 0 Å². The summed E-state index contributed by atoms with van der Waals surface area (Å²) < 4.78 is 4.98. The number of anilines is 2. The molecule has 144 valence electrons. The van der Waals surface area contributed by atoms with Crippen molar-refractivity contribution in [3.63, 3.8) is 0 Å². The first-order valence-electron chi connectivity index (χ1n) is 9.21. The van der Waals surface area contributed by atoms with Gasteiger partial charge in [0.25, 0.3) is 5.91 Å². The third-order valence-corrected chi connectivity index (χ3v) is 4.22. The van der Waals surface area contributed by atoms with E-state index in [2.05, 4.69) is 39.9 Å². The molecule has 2 N–H and O–H groups in total. The lowest BCUT2D eigenvalue weighted by atomic mass is 10.1. The van der Waals surface area contributed by atoms with E-state index in [1.807, 2.05) is 36.4 Å². The second-order valence-electron chi connectivity index (χ2n) is 6.48. The third-order valence-electron chi connectivity index (χ3n) is 4.22. The lowest BCUT2D eigenvalue weighted by Crippen LogP contribution is -2.25. The summed E-state index contributed by atoms with van der Waals surface area (Å²) in [5, 5.41) is 14.6. The van der Waals surface area contributed by atoms with Gasteiger partial charge in [0.15, 0.2) is 5.82 Å². The van der Waals surface area contributed by atoms with E-state index in [0.29, 0.717) is 24.5 Å². The van der Waals surface area contributed by atoms with Crippen LogP contribution in [0.25, 0.3) is 11.3 Å². The molecule has 6 heteroatoms. The molecule has 0 atom stereocenters. The highest BCUT2D eigenvalue weighted by atomic mass is 16.5. The van der Waals surface area contributed by atoms with Crippen LogP contribution in [0.2, 0.25) is 0 Å². The molecule has 0 unspecified atom stereocenters. The number of carbonyl (C=O) groups excluding carboxylic acids is 1. The third kappa shape index (κ3) is 5.37. The van der Waals surface area contributed by atoms with E-state index in [4.69, 9.17) is 4.74 Å². The SMILES string of the molecule is COCCCNC(=O)c1cccc(Nc2ccc(-c3ccc(C)cc3)nn2)c1. The monoisotopic (exact) mass is 376 g/mol. The number of carbonyl (C=O) groups is 1. The molecule has 0 fully saturated rings. The Morgan fingerprint density at radius 3 is 2.57 bits per heavy atom. The molecule has 3 aromatic rings. The molecule has 0 radical (unpaired) electrons. The van der Waals surface area contributed by atoms with Gasteiger partial charge in [-0.3, -0.25) is 4.79 Å². The van der Waals surface area contributed by atoms with Gasteiger partial charge in [-0.2, -0.15) is 0 Å². The normalized spacial score (nSPS) is 10.5. The van der Waals surface area contributed by atoms with Crippen molar-refractivity contribution in [3.05, 3.63) is 71.8 Å². The molecular weight excluding hydrogens is 352 g/mol. The van der Waals surface area contributed by atoms with Gasteiger partial charge in [0, 0.05) is 37.1 Å². The minimum absolute atomic E-state index is 0.111. The minimum atomic E-state index is -0.111. The number of nitrogens with one attached hydrogen (secondary N) is 2. The van der Waals surface area contributed by atoms with Gasteiger partial charge in [-0.25, -0.2) is 0 Å². The molecule has 28 heavy (non-hydrogen) atoms. The smallest absolute Gasteiger partial charge is 0.251 e. The molecule has 0 spiro atoms. The molecule has 3 rings (SSSR count). The average Bonchev–Trinajstić information content (AvgIpc) is 2.72. The van der Waals surface area contributed by atoms with Gasteiger partial charge in [0.2, 0.25) is 0 Å². The Kier molecular flexibility index (Phi) is 6.70. The van der Waals surface area contributed by atoms with E-state index in [-0.39, 0.29) is 5.91 Å². The number of aromatic nitrogens is 2. The van der Waals surface area contributed by atoms with Crippen molar-refractivity contribution >= 4 is 17.4 Å². The summed E-state index contributed by atoms with van der Waals surface area (Å²) >= 11 is 0. The second-order valence-corrected chi connectivity index (χ2v) is 6.48. The molecule has 0 aliphatic heterocycles. The van der Waals surface area contributed by atoms with Crippen LogP contribution in [-0.4, -0.2) is 36.4 Å². The van der Waals surface area contributed by atoms with Gasteiger partial charge in [-0.1, -0.05) is 35.9 Å². The maximum Gasteiger partial charge on any atom is 0.251 e. The molecule has 1 aromatic heterocycles. The summed E-state index contributed by atoms with van der Waals surface area (Å²) in [6, 6.07) is 19.3. The molecule has 2 aromatic carbocycles. The molecule has 0 aliphatic carbocycles. The maximum atomic E-state index is 12.2. The topological polar surface area (TPSA) is 76.1 Å². The molecule has 0 saturated heterocycles. The van der Waals surface area contributed by atoms with Crippen LogP contribution in [0.1, 0.15) is 22.3 Å². The fourth-order valence-corrected chi connectivity index (χ4v) is 2.68. The Balaban J connectivity index is 1.63. The minimum Gasteiger partial charge on any atom is -0.385 e. The van der Waals surface area contributed by atoms with E-state index in [9.17, 15) is 4.79 Å². The summed E-state index contributed by atoms with van der Waals surface area (Å²) in [6.07, 6.45) is 0.781. The van der Waals surface area contributed by atoms with Crippen molar-refractivity contribution in [3.8, 4) is 11.3 Å². The molecule has 1 heterocycles. The standard InChI is InChI=1S/C22H24N4O2/c1-16-7-9-17(10-8-16)20-11-12-21(26-25-20)24-19-6-3-5-18(15-19)22(27)23-13-4-14-28-2/h3,5-12,15H,4,13-14H2,1-2H3,(H,23,27)(H,24,26). The molecule has 0 aliphatic rings. The number of methoxy groups -OCH3 is 1. The van der Waals surface area contributed by atoms with Crippen LogP contribution >= 0.6 is 0 Å². The quantitative estimate of drug-likeness (QED) is 0.582.